The minimum atomic E-state index is -0.339. The van der Waals surface area contributed by atoms with Crippen molar-refractivity contribution in [2.45, 2.75) is 13.5 Å². The van der Waals surface area contributed by atoms with Gasteiger partial charge < -0.3 is 4.90 Å². The van der Waals surface area contributed by atoms with E-state index >= 15 is 0 Å². The lowest BCUT2D eigenvalue weighted by atomic mass is 10.2. The molecular weight excluding hydrogens is 373 g/mol. The van der Waals surface area contributed by atoms with Crippen molar-refractivity contribution in [2.24, 2.45) is 0 Å². The summed E-state index contributed by atoms with van der Waals surface area (Å²) in [5, 5.41) is 0. The molecule has 0 fully saturated rings. The zero-order chi connectivity index (χ0) is 17.1. The first kappa shape index (κ1) is 16.5. The van der Waals surface area contributed by atoms with Crippen LogP contribution in [0.1, 0.15) is 23.0 Å². The molecule has 4 nitrogen and oxygen atoms in total. The highest BCUT2D eigenvalue weighted by Crippen LogP contribution is 2.18. The number of benzene rings is 2. The summed E-state index contributed by atoms with van der Waals surface area (Å²) in [4.78, 5) is 22.9. The van der Waals surface area contributed by atoms with Crippen LogP contribution in [0.3, 0.4) is 0 Å². The van der Waals surface area contributed by atoms with Gasteiger partial charge in [0.1, 0.15) is 11.5 Å². The molecule has 0 unspecified atom stereocenters. The summed E-state index contributed by atoms with van der Waals surface area (Å²) in [6.45, 7) is 2.47. The van der Waals surface area contributed by atoms with E-state index in [4.69, 9.17) is 0 Å². The number of rotatable bonds is 4. The van der Waals surface area contributed by atoms with Crippen LogP contribution in [0.25, 0.3) is 11.0 Å². The lowest BCUT2D eigenvalue weighted by molar-refractivity contribution is 0.0745. The van der Waals surface area contributed by atoms with Gasteiger partial charge in [-0.05, 0) is 37.3 Å². The van der Waals surface area contributed by atoms with Gasteiger partial charge >= 0.3 is 0 Å². The second-order valence-corrected chi connectivity index (χ2v) is 6.21. The van der Waals surface area contributed by atoms with Crippen LogP contribution in [0.5, 0.6) is 0 Å². The number of aromatic nitrogens is 2. The molecular formula is C18H15BrFN3O. The Balaban J connectivity index is 1.88. The van der Waals surface area contributed by atoms with Gasteiger partial charge in [-0.3, -0.25) is 9.78 Å². The monoisotopic (exact) mass is 387 g/mol. The molecule has 0 saturated carbocycles. The topological polar surface area (TPSA) is 46.1 Å². The average Bonchev–Trinajstić information content (AvgIpc) is 2.61. The van der Waals surface area contributed by atoms with Gasteiger partial charge in [0.2, 0.25) is 0 Å². The number of hydrogen-bond donors (Lipinski definition) is 0. The van der Waals surface area contributed by atoms with Crippen molar-refractivity contribution in [3.63, 3.8) is 0 Å². The van der Waals surface area contributed by atoms with Crippen molar-refractivity contribution >= 4 is 32.9 Å². The lowest BCUT2D eigenvalue weighted by Gasteiger charge is -2.21. The molecule has 2 aromatic carbocycles. The normalized spacial score (nSPS) is 10.8. The second kappa shape index (κ2) is 7.05. The van der Waals surface area contributed by atoms with Crippen LogP contribution in [0, 0.1) is 5.82 Å². The Kier molecular flexibility index (Phi) is 4.85. The van der Waals surface area contributed by atoms with Crippen molar-refractivity contribution in [1.82, 2.24) is 14.9 Å². The molecule has 3 rings (SSSR count). The molecule has 0 aliphatic carbocycles. The molecule has 0 N–H and O–H groups in total. The highest BCUT2D eigenvalue weighted by atomic mass is 79.9. The SMILES string of the molecule is CCN(Cc1cc(Br)ccc1F)C(=O)c1cnc2ccccc2n1. The lowest BCUT2D eigenvalue weighted by Crippen LogP contribution is -2.31. The van der Waals surface area contributed by atoms with Crippen molar-refractivity contribution in [3.05, 3.63) is 70.2 Å². The van der Waals surface area contributed by atoms with Gasteiger partial charge in [0.15, 0.2) is 0 Å². The van der Waals surface area contributed by atoms with E-state index in [2.05, 4.69) is 25.9 Å². The van der Waals surface area contributed by atoms with Gasteiger partial charge in [0.25, 0.3) is 5.91 Å². The van der Waals surface area contributed by atoms with E-state index in [9.17, 15) is 9.18 Å². The van der Waals surface area contributed by atoms with Crippen LogP contribution in [0.2, 0.25) is 0 Å². The van der Waals surface area contributed by atoms with Crippen LogP contribution >= 0.6 is 15.9 Å². The average molecular weight is 388 g/mol. The predicted octanol–water partition coefficient (Wildman–Crippen LogP) is 4.19. The number of hydrogen-bond acceptors (Lipinski definition) is 3. The van der Waals surface area contributed by atoms with Crippen LogP contribution in [-0.2, 0) is 6.54 Å². The maximum atomic E-state index is 14.0. The third-order valence-electron chi connectivity index (χ3n) is 3.71. The molecule has 0 radical (unpaired) electrons. The van der Waals surface area contributed by atoms with Gasteiger partial charge in [-0.25, -0.2) is 9.37 Å². The second-order valence-electron chi connectivity index (χ2n) is 5.30. The summed E-state index contributed by atoms with van der Waals surface area (Å²) in [6.07, 6.45) is 1.46. The number of nitrogens with zero attached hydrogens (tertiary/aromatic N) is 3. The highest BCUT2D eigenvalue weighted by molar-refractivity contribution is 9.10. The minimum Gasteiger partial charge on any atom is -0.333 e. The number of carbonyl (C=O) groups is 1. The summed E-state index contributed by atoms with van der Waals surface area (Å²) < 4.78 is 14.7. The van der Waals surface area contributed by atoms with Crippen molar-refractivity contribution < 1.29 is 9.18 Å². The Bertz CT molecular complexity index is 900. The Morgan fingerprint density at radius 2 is 1.96 bits per heavy atom. The first-order valence-electron chi connectivity index (χ1n) is 7.53. The zero-order valence-electron chi connectivity index (χ0n) is 13.0. The first-order chi connectivity index (χ1) is 11.6. The van der Waals surface area contributed by atoms with Gasteiger partial charge in [-0.15, -0.1) is 0 Å². The fourth-order valence-electron chi connectivity index (χ4n) is 2.42. The molecule has 0 bridgehead atoms. The third-order valence-corrected chi connectivity index (χ3v) is 4.20. The quantitative estimate of drug-likeness (QED) is 0.673. The third kappa shape index (κ3) is 3.43. The van der Waals surface area contributed by atoms with Crippen LogP contribution in [-0.4, -0.2) is 27.3 Å². The summed E-state index contributed by atoms with van der Waals surface area (Å²) >= 11 is 3.32. The maximum Gasteiger partial charge on any atom is 0.274 e. The fourth-order valence-corrected chi connectivity index (χ4v) is 2.83. The van der Waals surface area contributed by atoms with E-state index in [0.717, 1.165) is 9.99 Å². The number of para-hydroxylation sites is 2. The van der Waals surface area contributed by atoms with E-state index in [1.54, 1.807) is 17.0 Å². The first-order valence-corrected chi connectivity index (χ1v) is 8.32. The van der Waals surface area contributed by atoms with Crippen LogP contribution < -0.4 is 0 Å². The predicted molar refractivity (Wildman–Crippen MR) is 94.1 cm³/mol. The van der Waals surface area contributed by atoms with Crippen molar-refractivity contribution in [2.75, 3.05) is 6.54 Å². The van der Waals surface area contributed by atoms with Gasteiger partial charge in [-0.2, -0.15) is 0 Å². The molecule has 0 spiro atoms. The van der Waals surface area contributed by atoms with Crippen LogP contribution in [0.4, 0.5) is 4.39 Å². The number of carbonyl (C=O) groups excluding carboxylic acids is 1. The number of amides is 1. The Morgan fingerprint density at radius 1 is 1.21 bits per heavy atom. The summed E-state index contributed by atoms with van der Waals surface area (Å²) in [5.41, 5.74) is 2.10. The minimum absolute atomic E-state index is 0.176. The van der Waals surface area contributed by atoms with E-state index in [0.29, 0.717) is 17.6 Å². The molecule has 6 heteroatoms. The molecule has 1 amide bonds. The number of halogens is 2. The molecule has 3 aromatic rings. The molecule has 122 valence electrons. The fraction of sp³-hybridized carbons (Fsp3) is 0.167. The largest absolute Gasteiger partial charge is 0.333 e. The van der Waals surface area contributed by atoms with Gasteiger partial charge in [0, 0.05) is 23.1 Å². The van der Waals surface area contributed by atoms with E-state index < -0.39 is 0 Å². The molecule has 24 heavy (non-hydrogen) atoms. The van der Waals surface area contributed by atoms with Gasteiger partial charge in [0.05, 0.1) is 17.2 Å². The summed E-state index contributed by atoms with van der Waals surface area (Å²) in [6, 6.07) is 12.1. The molecule has 0 atom stereocenters. The molecule has 1 heterocycles. The van der Waals surface area contributed by atoms with Crippen LogP contribution in [0.15, 0.2) is 53.1 Å². The van der Waals surface area contributed by atoms with E-state index in [1.807, 2.05) is 31.2 Å². The smallest absolute Gasteiger partial charge is 0.274 e. The highest BCUT2D eigenvalue weighted by Gasteiger charge is 2.18. The van der Waals surface area contributed by atoms with E-state index in [1.165, 1.54) is 12.3 Å². The summed E-state index contributed by atoms with van der Waals surface area (Å²) in [5.74, 6) is -0.607. The van der Waals surface area contributed by atoms with Crippen molar-refractivity contribution in [3.8, 4) is 0 Å². The summed E-state index contributed by atoms with van der Waals surface area (Å²) in [7, 11) is 0. The maximum absolute atomic E-state index is 14.0. The molecule has 0 saturated heterocycles. The Morgan fingerprint density at radius 3 is 2.71 bits per heavy atom. The standard InChI is InChI=1S/C18H15BrFN3O/c1-2-23(11-12-9-13(19)7-8-14(12)20)18(24)17-10-21-15-5-3-4-6-16(15)22-17/h3-10H,2,11H2,1H3. The molecule has 0 aliphatic rings. The van der Waals surface area contributed by atoms with E-state index in [-0.39, 0.29) is 24.0 Å². The number of fused-ring (bicyclic) bond motifs is 1. The van der Waals surface area contributed by atoms with Gasteiger partial charge in [-0.1, -0.05) is 28.1 Å². The zero-order valence-corrected chi connectivity index (χ0v) is 14.6. The molecule has 1 aromatic heterocycles. The Labute approximate surface area is 147 Å². The molecule has 0 aliphatic heterocycles. The Hall–Kier alpha value is -2.34. The van der Waals surface area contributed by atoms with Crippen molar-refractivity contribution in [1.29, 1.82) is 0 Å².